The predicted molar refractivity (Wildman–Crippen MR) is 80.9 cm³/mol. The summed E-state index contributed by atoms with van der Waals surface area (Å²) in [6.07, 6.45) is 0.104. The fraction of sp³-hybridized carbons (Fsp3) is 0.250. The maximum Gasteiger partial charge on any atom is 0.142 e. The zero-order valence-electron chi connectivity index (χ0n) is 11.5. The van der Waals surface area contributed by atoms with Gasteiger partial charge in [0.05, 0.1) is 11.8 Å². The summed E-state index contributed by atoms with van der Waals surface area (Å²) in [5.74, 6) is 0.461. The van der Waals surface area contributed by atoms with E-state index in [1.807, 2.05) is 38.1 Å². The van der Waals surface area contributed by atoms with Crippen molar-refractivity contribution in [1.29, 1.82) is 0 Å². The van der Waals surface area contributed by atoms with E-state index < -0.39 is 0 Å². The third kappa shape index (κ3) is 3.87. The number of hydrogen-bond acceptors (Lipinski definition) is 2. The fourth-order valence-electron chi connectivity index (χ4n) is 1.82. The third-order valence-electron chi connectivity index (χ3n) is 2.73. The molecule has 1 N–H and O–H groups in total. The van der Waals surface area contributed by atoms with Crippen LogP contribution in [0, 0.1) is 5.82 Å². The molecule has 2 aromatic carbocycles. The van der Waals surface area contributed by atoms with Gasteiger partial charge in [0.15, 0.2) is 0 Å². The van der Waals surface area contributed by atoms with E-state index in [0.717, 1.165) is 17.0 Å². The van der Waals surface area contributed by atoms with Crippen LogP contribution in [0.15, 0.2) is 42.5 Å². The molecule has 0 saturated carbocycles. The smallest absolute Gasteiger partial charge is 0.142 e. The summed E-state index contributed by atoms with van der Waals surface area (Å²) in [7, 11) is 0. The summed E-state index contributed by atoms with van der Waals surface area (Å²) < 4.78 is 18.7. The zero-order chi connectivity index (χ0) is 14.5. The van der Waals surface area contributed by atoms with E-state index in [1.54, 1.807) is 6.07 Å². The van der Waals surface area contributed by atoms with Gasteiger partial charge < -0.3 is 10.1 Å². The average Bonchev–Trinajstić information content (AvgIpc) is 2.39. The van der Waals surface area contributed by atoms with Crippen LogP contribution in [0.1, 0.15) is 19.4 Å². The molecule has 0 bridgehead atoms. The average molecular weight is 294 g/mol. The first kappa shape index (κ1) is 14.7. The van der Waals surface area contributed by atoms with Crippen molar-refractivity contribution in [2.45, 2.75) is 26.5 Å². The number of para-hydroxylation sites is 2. The van der Waals surface area contributed by atoms with Crippen molar-refractivity contribution in [2.75, 3.05) is 5.32 Å². The molecule has 0 spiro atoms. The highest BCUT2D eigenvalue weighted by molar-refractivity contribution is 6.31. The Morgan fingerprint density at radius 1 is 1.20 bits per heavy atom. The molecule has 0 radical (unpaired) electrons. The number of rotatable bonds is 5. The number of benzene rings is 2. The summed E-state index contributed by atoms with van der Waals surface area (Å²) in [6.45, 7) is 4.47. The number of ether oxygens (including phenoxy) is 1. The Labute approximate surface area is 123 Å². The number of halogens is 2. The van der Waals surface area contributed by atoms with Gasteiger partial charge in [0.2, 0.25) is 0 Å². The molecule has 0 aromatic heterocycles. The van der Waals surface area contributed by atoms with Gasteiger partial charge in [-0.05, 0) is 43.7 Å². The first-order valence-electron chi connectivity index (χ1n) is 6.49. The van der Waals surface area contributed by atoms with E-state index in [1.165, 1.54) is 12.1 Å². The van der Waals surface area contributed by atoms with E-state index in [-0.39, 0.29) is 11.9 Å². The minimum Gasteiger partial charge on any atom is -0.489 e. The molecular weight excluding hydrogens is 277 g/mol. The molecule has 2 aromatic rings. The quantitative estimate of drug-likeness (QED) is 0.848. The highest BCUT2D eigenvalue weighted by atomic mass is 35.5. The Bertz CT molecular complexity index is 586. The van der Waals surface area contributed by atoms with Crippen molar-refractivity contribution < 1.29 is 9.13 Å². The molecule has 0 saturated heterocycles. The van der Waals surface area contributed by atoms with Gasteiger partial charge in [-0.3, -0.25) is 0 Å². The molecule has 0 amide bonds. The van der Waals surface area contributed by atoms with Crippen LogP contribution in [0.4, 0.5) is 10.1 Å². The highest BCUT2D eigenvalue weighted by Crippen LogP contribution is 2.26. The summed E-state index contributed by atoms with van der Waals surface area (Å²) >= 11 is 6.01. The predicted octanol–water partition coefficient (Wildman–Crippen LogP) is 4.88. The molecule has 0 aliphatic rings. The standard InChI is InChI=1S/C16H17ClFNO/c1-11(2)20-16-6-4-3-5-15(16)19-10-12-7-8-13(18)9-14(12)17/h3-9,11,19H,10H2,1-2H3. The molecule has 0 fully saturated rings. The van der Waals surface area contributed by atoms with Crippen LogP contribution < -0.4 is 10.1 Å². The molecule has 4 heteroatoms. The minimum atomic E-state index is -0.331. The summed E-state index contributed by atoms with van der Waals surface area (Å²) in [5.41, 5.74) is 1.73. The Kier molecular flexibility index (Phi) is 4.85. The van der Waals surface area contributed by atoms with Crippen molar-refractivity contribution in [3.8, 4) is 5.75 Å². The van der Waals surface area contributed by atoms with E-state index in [2.05, 4.69) is 5.32 Å². The maximum atomic E-state index is 13.0. The molecular formula is C16H17ClFNO. The van der Waals surface area contributed by atoms with Gasteiger partial charge in [0.25, 0.3) is 0 Å². The largest absolute Gasteiger partial charge is 0.489 e. The number of hydrogen-bond donors (Lipinski definition) is 1. The van der Waals surface area contributed by atoms with Crippen molar-refractivity contribution >= 4 is 17.3 Å². The normalized spacial score (nSPS) is 10.7. The van der Waals surface area contributed by atoms with Crippen LogP contribution in [-0.2, 0) is 6.54 Å². The van der Waals surface area contributed by atoms with Crippen molar-refractivity contribution in [2.24, 2.45) is 0 Å². The first-order valence-corrected chi connectivity index (χ1v) is 6.87. The van der Waals surface area contributed by atoms with Crippen LogP contribution >= 0.6 is 11.6 Å². The molecule has 0 heterocycles. The second kappa shape index (κ2) is 6.62. The molecule has 0 atom stereocenters. The highest BCUT2D eigenvalue weighted by Gasteiger charge is 2.06. The van der Waals surface area contributed by atoms with Crippen LogP contribution in [0.5, 0.6) is 5.75 Å². The lowest BCUT2D eigenvalue weighted by molar-refractivity contribution is 0.243. The maximum absolute atomic E-state index is 13.0. The Hall–Kier alpha value is -1.74. The number of nitrogens with one attached hydrogen (secondary N) is 1. The van der Waals surface area contributed by atoms with Gasteiger partial charge in [0.1, 0.15) is 11.6 Å². The lowest BCUT2D eigenvalue weighted by Crippen LogP contribution is -2.08. The molecule has 2 nitrogen and oxygen atoms in total. The summed E-state index contributed by atoms with van der Waals surface area (Å²) in [5, 5.41) is 3.68. The SMILES string of the molecule is CC(C)Oc1ccccc1NCc1ccc(F)cc1Cl. The van der Waals surface area contributed by atoms with Crippen molar-refractivity contribution in [1.82, 2.24) is 0 Å². The first-order chi connectivity index (χ1) is 9.56. The van der Waals surface area contributed by atoms with Gasteiger partial charge in [-0.25, -0.2) is 4.39 Å². The van der Waals surface area contributed by atoms with Gasteiger partial charge in [0, 0.05) is 11.6 Å². The topological polar surface area (TPSA) is 21.3 Å². The molecule has 0 unspecified atom stereocenters. The van der Waals surface area contributed by atoms with Gasteiger partial charge in [-0.15, -0.1) is 0 Å². The van der Waals surface area contributed by atoms with Crippen molar-refractivity contribution in [3.63, 3.8) is 0 Å². The summed E-state index contributed by atoms with van der Waals surface area (Å²) in [4.78, 5) is 0. The van der Waals surface area contributed by atoms with Crippen LogP contribution in [0.3, 0.4) is 0 Å². The van der Waals surface area contributed by atoms with Gasteiger partial charge in [-0.1, -0.05) is 29.8 Å². The molecule has 106 valence electrons. The molecule has 2 rings (SSSR count). The Morgan fingerprint density at radius 2 is 1.95 bits per heavy atom. The van der Waals surface area contributed by atoms with E-state index in [0.29, 0.717) is 11.6 Å². The monoisotopic (exact) mass is 293 g/mol. The molecule has 0 aliphatic heterocycles. The van der Waals surface area contributed by atoms with E-state index >= 15 is 0 Å². The lowest BCUT2D eigenvalue weighted by atomic mass is 10.2. The minimum absolute atomic E-state index is 0.104. The van der Waals surface area contributed by atoms with Gasteiger partial charge in [-0.2, -0.15) is 0 Å². The van der Waals surface area contributed by atoms with Crippen LogP contribution in [-0.4, -0.2) is 6.10 Å². The van der Waals surface area contributed by atoms with E-state index in [4.69, 9.17) is 16.3 Å². The fourth-order valence-corrected chi connectivity index (χ4v) is 2.06. The Balaban J connectivity index is 2.10. The molecule has 0 aliphatic carbocycles. The Morgan fingerprint density at radius 3 is 2.65 bits per heavy atom. The van der Waals surface area contributed by atoms with E-state index in [9.17, 15) is 4.39 Å². The second-order valence-corrected chi connectivity index (χ2v) is 5.16. The van der Waals surface area contributed by atoms with Crippen molar-refractivity contribution in [3.05, 3.63) is 58.9 Å². The van der Waals surface area contributed by atoms with Crippen LogP contribution in [0.25, 0.3) is 0 Å². The summed E-state index contributed by atoms with van der Waals surface area (Å²) in [6, 6.07) is 12.1. The van der Waals surface area contributed by atoms with Gasteiger partial charge >= 0.3 is 0 Å². The number of anilines is 1. The second-order valence-electron chi connectivity index (χ2n) is 4.75. The lowest BCUT2D eigenvalue weighted by Gasteiger charge is -2.15. The van der Waals surface area contributed by atoms with Crippen LogP contribution in [0.2, 0.25) is 5.02 Å². The molecule has 20 heavy (non-hydrogen) atoms. The third-order valence-corrected chi connectivity index (χ3v) is 3.09. The zero-order valence-corrected chi connectivity index (χ0v) is 12.2.